The highest BCUT2D eigenvalue weighted by atomic mass is 16.7. The Balaban J connectivity index is 2.12. The van der Waals surface area contributed by atoms with E-state index in [1.54, 1.807) is 0 Å². The molecule has 0 amide bonds. The van der Waals surface area contributed by atoms with Crippen molar-refractivity contribution in [3.05, 3.63) is 72.0 Å². The number of ketones is 1. The van der Waals surface area contributed by atoms with E-state index in [1.165, 1.54) is 18.2 Å². The van der Waals surface area contributed by atoms with Crippen molar-refractivity contribution >= 4 is 35.3 Å². The Morgan fingerprint density at radius 1 is 1.11 bits per heavy atom. The molecule has 2 rings (SSSR count). The maximum absolute atomic E-state index is 12.1. The zero-order chi connectivity index (χ0) is 20.8. The lowest BCUT2D eigenvalue weighted by atomic mass is 10.1. The molecule has 0 spiro atoms. The number of carbonyl (C=O) groups excluding carboxylic acids is 1. The second-order valence-corrected chi connectivity index (χ2v) is 5.08. The van der Waals surface area contributed by atoms with Crippen molar-refractivity contribution in [1.29, 1.82) is 0 Å². The van der Waals surface area contributed by atoms with Crippen LogP contribution in [0.1, 0.15) is 16.1 Å². The monoisotopic (exact) mass is 390 g/mol. The lowest BCUT2D eigenvalue weighted by Gasteiger charge is -2.03. The molecule has 0 bridgehead atoms. The Hall–Kier alpha value is -4.42. The Morgan fingerprint density at radius 3 is 2.39 bits per heavy atom. The highest BCUT2D eigenvalue weighted by Gasteiger charge is 2.26. The minimum atomic E-state index is -1.05. The standard InChI is InChI=1S/C15H10N4O9/c20-13(8-16-5-1-2-10-3-4-14(28-10)19(26)27)11-6-9(17(22)23)7-12(15(11)21)18(24)25/h1-7,21H,8H2/b2-1+,16-5?. The van der Waals surface area contributed by atoms with E-state index >= 15 is 0 Å². The van der Waals surface area contributed by atoms with Crippen LogP contribution in [0.4, 0.5) is 17.3 Å². The van der Waals surface area contributed by atoms with Crippen molar-refractivity contribution < 1.29 is 29.1 Å². The molecule has 13 nitrogen and oxygen atoms in total. The minimum Gasteiger partial charge on any atom is -0.502 e. The molecule has 0 aliphatic carbocycles. The molecule has 13 heteroatoms. The Morgan fingerprint density at radius 2 is 1.82 bits per heavy atom. The molecule has 144 valence electrons. The molecule has 1 aromatic carbocycles. The van der Waals surface area contributed by atoms with Crippen molar-refractivity contribution in [1.82, 2.24) is 0 Å². The summed E-state index contributed by atoms with van der Waals surface area (Å²) < 4.78 is 4.85. The molecule has 0 atom stereocenters. The van der Waals surface area contributed by atoms with Crippen LogP contribution in [0.2, 0.25) is 0 Å². The molecule has 0 radical (unpaired) electrons. The Bertz CT molecular complexity index is 1020. The number of carbonyl (C=O) groups is 1. The van der Waals surface area contributed by atoms with Gasteiger partial charge in [-0.25, -0.2) is 0 Å². The van der Waals surface area contributed by atoms with Crippen LogP contribution in [0.3, 0.4) is 0 Å². The SMILES string of the molecule is O=C(CN=C/C=C/c1ccc([N+](=O)[O-])o1)c1cc([N+](=O)[O-])cc([N+](=O)[O-])c1O. The molecule has 1 heterocycles. The van der Waals surface area contributed by atoms with Crippen molar-refractivity contribution in [2.24, 2.45) is 4.99 Å². The maximum atomic E-state index is 12.1. The van der Waals surface area contributed by atoms with Crippen LogP contribution < -0.4 is 0 Å². The average Bonchev–Trinajstić information content (AvgIpc) is 3.10. The van der Waals surface area contributed by atoms with Crippen LogP contribution in [0, 0.1) is 30.3 Å². The zero-order valence-corrected chi connectivity index (χ0v) is 13.8. The van der Waals surface area contributed by atoms with Crippen LogP contribution in [0.25, 0.3) is 6.08 Å². The first-order valence-corrected chi connectivity index (χ1v) is 7.30. The summed E-state index contributed by atoms with van der Waals surface area (Å²) in [4.78, 5) is 45.3. The van der Waals surface area contributed by atoms with E-state index in [1.807, 2.05) is 0 Å². The first kappa shape index (κ1) is 19.9. The molecule has 0 fully saturated rings. The van der Waals surface area contributed by atoms with Crippen LogP contribution in [-0.4, -0.2) is 38.4 Å². The van der Waals surface area contributed by atoms with E-state index in [4.69, 9.17) is 4.42 Å². The molecule has 0 aliphatic heterocycles. The van der Waals surface area contributed by atoms with E-state index < -0.39 is 55.7 Å². The first-order chi connectivity index (χ1) is 13.2. The highest BCUT2D eigenvalue weighted by molar-refractivity contribution is 6.02. The van der Waals surface area contributed by atoms with Gasteiger partial charge in [-0.05, 0) is 18.2 Å². The summed E-state index contributed by atoms with van der Waals surface area (Å²) in [6.07, 6.45) is 3.79. The fourth-order valence-electron chi connectivity index (χ4n) is 2.01. The molecule has 1 aromatic heterocycles. The maximum Gasteiger partial charge on any atom is 0.433 e. The second-order valence-electron chi connectivity index (χ2n) is 5.08. The lowest BCUT2D eigenvalue weighted by molar-refractivity contribution is -0.402. The van der Waals surface area contributed by atoms with Crippen LogP contribution in [0.15, 0.2) is 39.8 Å². The summed E-state index contributed by atoms with van der Waals surface area (Å²) >= 11 is 0. The number of nitrogens with zero attached hydrogens (tertiary/aromatic N) is 4. The minimum absolute atomic E-state index is 0.163. The summed E-state index contributed by atoms with van der Waals surface area (Å²) in [5, 5.41) is 42.0. The van der Waals surface area contributed by atoms with E-state index in [0.29, 0.717) is 6.07 Å². The molecule has 0 unspecified atom stereocenters. The smallest absolute Gasteiger partial charge is 0.433 e. The third-order valence-corrected chi connectivity index (χ3v) is 3.26. The van der Waals surface area contributed by atoms with E-state index in [2.05, 4.69) is 4.99 Å². The third-order valence-electron chi connectivity index (χ3n) is 3.26. The van der Waals surface area contributed by atoms with E-state index in [9.17, 15) is 40.2 Å². The van der Waals surface area contributed by atoms with Crippen molar-refractivity contribution in [2.45, 2.75) is 0 Å². The van der Waals surface area contributed by atoms with Gasteiger partial charge in [-0.2, -0.15) is 0 Å². The van der Waals surface area contributed by atoms with Gasteiger partial charge in [-0.1, -0.05) is 0 Å². The summed E-state index contributed by atoms with van der Waals surface area (Å²) in [5.41, 5.74) is -2.30. The Kier molecular flexibility index (Phi) is 5.90. The van der Waals surface area contributed by atoms with Gasteiger partial charge in [-0.3, -0.25) is 40.1 Å². The molecule has 0 saturated carbocycles. The summed E-state index contributed by atoms with van der Waals surface area (Å²) in [6.45, 7) is -0.561. The number of hydrogen-bond donors (Lipinski definition) is 1. The number of nitro benzene ring substituents is 2. The van der Waals surface area contributed by atoms with Gasteiger partial charge in [0.2, 0.25) is 5.75 Å². The molecular weight excluding hydrogens is 380 g/mol. The van der Waals surface area contributed by atoms with Crippen LogP contribution >= 0.6 is 0 Å². The number of aromatic hydroxyl groups is 1. The van der Waals surface area contributed by atoms with Crippen LogP contribution in [-0.2, 0) is 0 Å². The third kappa shape index (κ3) is 4.60. The van der Waals surface area contributed by atoms with Gasteiger partial charge in [0.15, 0.2) is 5.78 Å². The number of aliphatic imine (C=N–C) groups is 1. The van der Waals surface area contributed by atoms with Gasteiger partial charge in [0.05, 0.1) is 27.5 Å². The largest absolute Gasteiger partial charge is 0.502 e. The molecule has 28 heavy (non-hydrogen) atoms. The molecule has 1 N–H and O–H groups in total. The fourth-order valence-corrected chi connectivity index (χ4v) is 2.01. The predicted molar refractivity (Wildman–Crippen MR) is 93.5 cm³/mol. The number of allylic oxidation sites excluding steroid dienone is 1. The number of benzene rings is 1. The number of Topliss-reactive ketones (excluding diaryl/α,β-unsaturated/α-hetero) is 1. The van der Waals surface area contributed by atoms with Gasteiger partial charge < -0.3 is 9.52 Å². The van der Waals surface area contributed by atoms with Gasteiger partial charge in [0, 0.05) is 12.3 Å². The molecular formula is C15H10N4O9. The molecule has 0 saturated heterocycles. The van der Waals surface area contributed by atoms with Crippen molar-refractivity contribution in [2.75, 3.05) is 6.54 Å². The van der Waals surface area contributed by atoms with E-state index in [0.717, 1.165) is 18.3 Å². The predicted octanol–water partition coefficient (Wildman–Crippen LogP) is 2.68. The highest BCUT2D eigenvalue weighted by Crippen LogP contribution is 2.34. The summed E-state index contributed by atoms with van der Waals surface area (Å²) in [5.74, 6) is -2.16. The molecule has 2 aromatic rings. The Labute approximate surface area is 154 Å². The van der Waals surface area contributed by atoms with E-state index in [-0.39, 0.29) is 5.76 Å². The quantitative estimate of drug-likeness (QED) is 0.305. The molecule has 0 aliphatic rings. The zero-order valence-electron chi connectivity index (χ0n) is 13.8. The van der Waals surface area contributed by atoms with Gasteiger partial charge in [0.1, 0.15) is 17.2 Å². The fraction of sp³-hybridized carbons (Fsp3) is 0.0667. The summed E-state index contributed by atoms with van der Waals surface area (Å²) in [6, 6.07) is 3.75. The number of non-ortho nitro benzene ring substituents is 1. The topological polar surface area (TPSA) is 192 Å². The summed E-state index contributed by atoms with van der Waals surface area (Å²) in [7, 11) is 0. The lowest BCUT2D eigenvalue weighted by Crippen LogP contribution is -2.06. The van der Waals surface area contributed by atoms with Gasteiger partial charge >= 0.3 is 11.6 Å². The second kappa shape index (κ2) is 8.31. The van der Waals surface area contributed by atoms with Crippen molar-refractivity contribution in [3.63, 3.8) is 0 Å². The van der Waals surface area contributed by atoms with Crippen molar-refractivity contribution in [3.8, 4) is 5.75 Å². The number of phenolic OH excluding ortho intramolecular Hbond substituents is 1. The number of furan rings is 1. The van der Waals surface area contributed by atoms with Gasteiger partial charge in [-0.15, -0.1) is 0 Å². The first-order valence-electron chi connectivity index (χ1n) is 7.30. The number of nitro groups is 3. The van der Waals surface area contributed by atoms with Crippen LogP contribution in [0.5, 0.6) is 5.75 Å². The van der Waals surface area contributed by atoms with Gasteiger partial charge in [0.25, 0.3) is 5.69 Å². The number of phenols is 1. The number of rotatable bonds is 8. The number of hydrogen-bond acceptors (Lipinski definition) is 10. The normalized spacial score (nSPS) is 11.1. The average molecular weight is 390 g/mol.